The maximum Gasteiger partial charge on any atom is 0.251 e. The van der Waals surface area contributed by atoms with E-state index in [9.17, 15) is 4.79 Å². The first-order chi connectivity index (χ1) is 10.1. The first kappa shape index (κ1) is 15.4. The number of aryl methyl sites for hydroxylation is 2. The van der Waals surface area contributed by atoms with Crippen molar-refractivity contribution < 1.29 is 4.79 Å². The number of nitrogens with two attached hydrogens (primary N) is 1. The number of anilines is 1. The fourth-order valence-corrected chi connectivity index (χ4v) is 2.55. The highest BCUT2D eigenvalue weighted by Crippen LogP contribution is 2.11. The van der Waals surface area contributed by atoms with Crippen LogP contribution in [0.2, 0.25) is 0 Å². The Morgan fingerprint density at radius 1 is 1.33 bits per heavy atom. The van der Waals surface area contributed by atoms with Crippen LogP contribution in [0.1, 0.15) is 33.7 Å². The molecule has 0 fully saturated rings. The van der Waals surface area contributed by atoms with Crippen molar-refractivity contribution in [2.45, 2.75) is 26.7 Å². The van der Waals surface area contributed by atoms with Gasteiger partial charge in [0, 0.05) is 29.6 Å². The number of hydrogen-bond donors (Lipinski definition) is 3. The van der Waals surface area contributed by atoms with Gasteiger partial charge in [0.15, 0.2) is 0 Å². The number of aromatic nitrogens is 2. The molecule has 0 radical (unpaired) electrons. The van der Waals surface area contributed by atoms with Crippen LogP contribution >= 0.6 is 11.3 Å². The van der Waals surface area contributed by atoms with Gasteiger partial charge in [-0.15, -0.1) is 11.3 Å². The highest BCUT2D eigenvalue weighted by molar-refractivity contribution is 7.09. The SMILES string of the molecule is CCc1cc(C(=O)NCCc2csc(C)n2)cc(NN)n1. The lowest BCUT2D eigenvalue weighted by molar-refractivity contribution is 0.0954. The molecular weight excluding hydrogens is 286 g/mol. The number of amides is 1. The first-order valence-corrected chi connectivity index (χ1v) is 7.67. The summed E-state index contributed by atoms with van der Waals surface area (Å²) in [6.45, 7) is 4.50. The van der Waals surface area contributed by atoms with E-state index >= 15 is 0 Å². The Morgan fingerprint density at radius 3 is 2.76 bits per heavy atom. The summed E-state index contributed by atoms with van der Waals surface area (Å²) in [7, 11) is 0. The number of nitrogen functional groups attached to an aromatic ring is 1. The minimum atomic E-state index is -0.129. The summed E-state index contributed by atoms with van der Waals surface area (Å²) in [6, 6.07) is 3.42. The monoisotopic (exact) mass is 305 g/mol. The normalized spacial score (nSPS) is 10.4. The molecule has 2 aromatic rings. The van der Waals surface area contributed by atoms with Gasteiger partial charge in [-0.25, -0.2) is 15.8 Å². The number of carbonyl (C=O) groups is 1. The molecule has 21 heavy (non-hydrogen) atoms. The number of carbonyl (C=O) groups excluding carboxylic acids is 1. The molecule has 0 aliphatic heterocycles. The average molecular weight is 305 g/mol. The van der Waals surface area contributed by atoms with Crippen LogP contribution in [0.15, 0.2) is 17.5 Å². The summed E-state index contributed by atoms with van der Waals surface area (Å²) in [5.41, 5.74) is 4.87. The van der Waals surface area contributed by atoms with Crippen LogP contribution in [0.25, 0.3) is 0 Å². The number of rotatable bonds is 6. The molecule has 0 atom stereocenters. The summed E-state index contributed by atoms with van der Waals surface area (Å²) in [5, 5.41) is 5.94. The van der Waals surface area contributed by atoms with Crippen LogP contribution in [0.4, 0.5) is 5.82 Å². The lowest BCUT2D eigenvalue weighted by Crippen LogP contribution is -2.26. The van der Waals surface area contributed by atoms with Gasteiger partial charge in [-0.2, -0.15) is 0 Å². The molecule has 7 heteroatoms. The summed E-state index contributed by atoms with van der Waals surface area (Å²) < 4.78 is 0. The van der Waals surface area contributed by atoms with Crippen molar-refractivity contribution in [2.75, 3.05) is 12.0 Å². The third kappa shape index (κ3) is 4.24. The standard InChI is InChI=1S/C14H19N5OS/c1-3-11-6-10(7-13(18-11)19-15)14(20)16-5-4-12-8-21-9(2)17-12/h6-8H,3-5,15H2,1-2H3,(H,16,20)(H,18,19). The maximum atomic E-state index is 12.2. The van der Waals surface area contributed by atoms with E-state index in [0.29, 0.717) is 17.9 Å². The highest BCUT2D eigenvalue weighted by atomic mass is 32.1. The van der Waals surface area contributed by atoms with Gasteiger partial charge in [-0.1, -0.05) is 6.92 Å². The molecule has 2 heterocycles. The topological polar surface area (TPSA) is 92.9 Å². The lowest BCUT2D eigenvalue weighted by atomic mass is 10.2. The van der Waals surface area contributed by atoms with E-state index in [1.54, 1.807) is 23.5 Å². The van der Waals surface area contributed by atoms with E-state index < -0.39 is 0 Å². The van der Waals surface area contributed by atoms with Gasteiger partial charge in [0.2, 0.25) is 0 Å². The molecule has 0 saturated carbocycles. The number of pyridine rings is 1. The van der Waals surface area contributed by atoms with Crippen LogP contribution in [0.5, 0.6) is 0 Å². The highest BCUT2D eigenvalue weighted by Gasteiger charge is 2.09. The molecule has 0 saturated heterocycles. The van der Waals surface area contributed by atoms with Crippen LogP contribution < -0.4 is 16.6 Å². The molecule has 0 bridgehead atoms. The maximum absolute atomic E-state index is 12.2. The Morgan fingerprint density at radius 2 is 2.14 bits per heavy atom. The summed E-state index contributed by atoms with van der Waals surface area (Å²) in [4.78, 5) is 20.8. The van der Waals surface area contributed by atoms with Crippen molar-refractivity contribution in [3.05, 3.63) is 39.5 Å². The van der Waals surface area contributed by atoms with E-state index in [-0.39, 0.29) is 5.91 Å². The van der Waals surface area contributed by atoms with Gasteiger partial charge in [0.05, 0.1) is 10.7 Å². The third-order valence-electron chi connectivity index (χ3n) is 2.98. The van der Waals surface area contributed by atoms with E-state index in [2.05, 4.69) is 20.7 Å². The molecule has 2 aromatic heterocycles. The number of nitrogens with one attached hydrogen (secondary N) is 2. The average Bonchev–Trinajstić information content (AvgIpc) is 2.92. The largest absolute Gasteiger partial charge is 0.352 e. The second-order valence-electron chi connectivity index (χ2n) is 4.59. The zero-order valence-corrected chi connectivity index (χ0v) is 13.0. The number of hydrogen-bond acceptors (Lipinski definition) is 6. The molecule has 0 unspecified atom stereocenters. The van der Waals surface area contributed by atoms with Crippen molar-refractivity contribution in [1.82, 2.24) is 15.3 Å². The van der Waals surface area contributed by atoms with Gasteiger partial charge >= 0.3 is 0 Å². The van der Waals surface area contributed by atoms with Crippen molar-refractivity contribution in [3.8, 4) is 0 Å². The lowest BCUT2D eigenvalue weighted by Gasteiger charge is -2.08. The van der Waals surface area contributed by atoms with Crippen molar-refractivity contribution in [1.29, 1.82) is 0 Å². The molecule has 0 aliphatic carbocycles. The fraction of sp³-hybridized carbons (Fsp3) is 0.357. The Labute approximate surface area is 127 Å². The zero-order valence-electron chi connectivity index (χ0n) is 12.1. The van der Waals surface area contributed by atoms with E-state index in [0.717, 1.165) is 29.2 Å². The molecule has 0 spiro atoms. The predicted molar refractivity (Wildman–Crippen MR) is 84.3 cm³/mol. The van der Waals surface area contributed by atoms with E-state index in [4.69, 9.17) is 5.84 Å². The number of hydrazine groups is 1. The van der Waals surface area contributed by atoms with Crippen LogP contribution in [-0.2, 0) is 12.8 Å². The van der Waals surface area contributed by atoms with E-state index in [1.807, 2.05) is 19.2 Å². The molecule has 1 amide bonds. The van der Waals surface area contributed by atoms with Crippen molar-refractivity contribution in [2.24, 2.45) is 5.84 Å². The minimum Gasteiger partial charge on any atom is -0.352 e. The van der Waals surface area contributed by atoms with Gasteiger partial charge < -0.3 is 10.7 Å². The summed E-state index contributed by atoms with van der Waals surface area (Å²) >= 11 is 1.62. The smallest absolute Gasteiger partial charge is 0.251 e. The molecule has 112 valence electrons. The quantitative estimate of drug-likeness (QED) is 0.557. The zero-order chi connectivity index (χ0) is 15.2. The van der Waals surface area contributed by atoms with E-state index in [1.165, 1.54) is 0 Å². The Kier molecular flexibility index (Phi) is 5.24. The number of nitrogens with zero attached hydrogens (tertiary/aromatic N) is 2. The third-order valence-corrected chi connectivity index (χ3v) is 3.81. The molecule has 0 aliphatic rings. The molecule has 0 aromatic carbocycles. The predicted octanol–water partition coefficient (Wildman–Crippen LogP) is 1.67. The summed E-state index contributed by atoms with van der Waals surface area (Å²) in [6.07, 6.45) is 1.47. The van der Waals surface area contributed by atoms with Crippen molar-refractivity contribution in [3.63, 3.8) is 0 Å². The molecule has 6 nitrogen and oxygen atoms in total. The van der Waals surface area contributed by atoms with Crippen LogP contribution in [-0.4, -0.2) is 22.4 Å². The second-order valence-corrected chi connectivity index (χ2v) is 5.66. The molecular formula is C14H19N5OS. The Hall–Kier alpha value is -1.99. The second kappa shape index (κ2) is 7.14. The fourth-order valence-electron chi connectivity index (χ4n) is 1.90. The number of thiazole rings is 1. The summed E-state index contributed by atoms with van der Waals surface area (Å²) in [5.74, 6) is 5.74. The van der Waals surface area contributed by atoms with Crippen LogP contribution in [0.3, 0.4) is 0 Å². The van der Waals surface area contributed by atoms with Gasteiger partial charge in [-0.05, 0) is 25.5 Å². The van der Waals surface area contributed by atoms with Gasteiger partial charge in [0.25, 0.3) is 5.91 Å². The Bertz CT molecular complexity index is 603. The van der Waals surface area contributed by atoms with Gasteiger partial charge in [0.1, 0.15) is 5.82 Å². The van der Waals surface area contributed by atoms with Crippen LogP contribution in [0, 0.1) is 6.92 Å². The van der Waals surface area contributed by atoms with Gasteiger partial charge in [-0.3, -0.25) is 4.79 Å². The molecule has 2 rings (SSSR count). The minimum absolute atomic E-state index is 0.129. The molecule has 4 N–H and O–H groups in total. The first-order valence-electron chi connectivity index (χ1n) is 6.79. The van der Waals surface area contributed by atoms with Crippen molar-refractivity contribution >= 4 is 23.1 Å². The Balaban J connectivity index is 1.96.